The molecule has 1 aromatic carbocycles. The van der Waals surface area contributed by atoms with Crippen LogP contribution in [0.15, 0.2) is 53.5 Å². The minimum absolute atomic E-state index is 0.0720. The number of carbonyl (C=O) groups excluding carboxylic acids is 3. The molecular weight excluding hydrogens is 584 g/mol. The predicted octanol–water partition coefficient (Wildman–Crippen LogP) is 3.00. The Morgan fingerprint density at radius 2 is 2.00 bits per heavy atom. The van der Waals surface area contributed by atoms with E-state index < -0.39 is 41.7 Å². The number of benzene rings is 1. The maximum absolute atomic E-state index is 13.4. The lowest BCUT2D eigenvalue weighted by Gasteiger charge is -2.19. The molecule has 240 valence electrons. The fourth-order valence-corrected chi connectivity index (χ4v) is 5.03. The number of carboxylic acid groups (broad SMARTS) is 1. The summed E-state index contributed by atoms with van der Waals surface area (Å²) in [4.78, 5) is 67.2. The van der Waals surface area contributed by atoms with Gasteiger partial charge in [0.1, 0.15) is 23.7 Å². The number of hydrogen-bond donors (Lipinski definition) is 4. The molecule has 45 heavy (non-hydrogen) atoms. The van der Waals surface area contributed by atoms with Crippen LogP contribution in [0.2, 0.25) is 0 Å². The molecule has 3 amide bonds. The summed E-state index contributed by atoms with van der Waals surface area (Å²) >= 11 is 0. The van der Waals surface area contributed by atoms with Crippen LogP contribution in [-0.4, -0.2) is 68.6 Å². The van der Waals surface area contributed by atoms with Crippen molar-refractivity contribution in [3.05, 3.63) is 70.4 Å². The van der Waals surface area contributed by atoms with Crippen LogP contribution < -0.4 is 21.9 Å². The number of nitrogens with zero attached hydrogens (tertiary/aromatic N) is 3. The van der Waals surface area contributed by atoms with Crippen LogP contribution in [0.3, 0.4) is 0 Å². The lowest BCUT2D eigenvalue weighted by molar-refractivity contribution is -0.118. The van der Waals surface area contributed by atoms with Crippen LogP contribution in [0.1, 0.15) is 51.4 Å². The number of pyridine rings is 1. The molecule has 1 saturated heterocycles. The number of anilines is 1. The molecule has 1 aliphatic rings. The number of nitrogens with two attached hydrogens (primary N) is 1. The zero-order valence-corrected chi connectivity index (χ0v) is 25.4. The van der Waals surface area contributed by atoms with Gasteiger partial charge in [-0.15, -0.1) is 0 Å². The molecule has 14 nitrogen and oxygen atoms in total. The Hall–Kier alpha value is -4.98. The van der Waals surface area contributed by atoms with Crippen LogP contribution in [0.4, 0.5) is 15.3 Å². The van der Waals surface area contributed by atoms with E-state index in [0.29, 0.717) is 30.5 Å². The van der Waals surface area contributed by atoms with E-state index in [2.05, 4.69) is 36.4 Å². The lowest BCUT2D eigenvalue weighted by atomic mass is 9.88. The summed E-state index contributed by atoms with van der Waals surface area (Å²) in [5, 5.41) is 15.1. The molecule has 2 unspecified atom stereocenters. The smallest absolute Gasteiger partial charge is 0.417 e. The first-order valence-electron chi connectivity index (χ1n) is 14.6. The van der Waals surface area contributed by atoms with Gasteiger partial charge in [-0.05, 0) is 54.5 Å². The van der Waals surface area contributed by atoms with Crippen LogP contribution in [0, 0.1) is 5.41 Å². The molecular formula is C31H38N6O8. The molecule has 0 saturated carbocycles. The van der Waals surface area contributed by atoms with Gasteiger partial charge in [-0.2, -0.15) is 0 Å². The molecule has 0 aliphatic carbocycles. The highest BCUT2D eigenvalue weighted by Gasteiger charge is 2.26. The minimum atomic E-state index is -1.24. The van der Waals surface area contributed by atoms with Gasteiger partial charge in [0.25, 0.3) is 5.56 Å². The maximum atomic E-state index is 13.4. The molecule has 2 atom stereocenters. The average molecular weight is 623 g/mol. The van der Waals surface area contributed by atoms with Crippen molar-refractivity contribution in [2.24, 2.45) is 11.1 Å². The summed E-state index contributed by atoms with van der Waals surface area (Å²) in [7, 11) is 0. The van der Waals surface area contributed by atoms with Crippen molar-refractivity contribution < 1.29 is 33.8 Å². The van der Waals surface area contributed by atoms with Gasteiger partial charge in [-0.3, -0.25) is 14.4 Å². The van der Waals surface area contributed by atoms with E-state index in [4.69, 9.17) is 15.2 Å². The first-order chi connectivity index (χ1) is 21.3. The van der Waals surface area contributed by atoms with E-state index in [9.17, 15) is 29.1 Å². The number of allylic oxidation sites excluding steroid dienone is 1. The van der Waals surface area contributed by atoms with Crippen molar-refractivity contribution in [1.29, 1.82) is 0 Å². The van der Waals surface area contributed by atoms with E-state index >= 15 is 0 Å². The molecule has 0 bridgehead atoms. The summed E-state index contributed by atoms with van der Waals surface area (Å²) in [6, 6.07) is 7.16. The second-order valence-electron chi connectivity index (χ2n) is 12.0. The summed E-state index contributed by atoms with van der Waals surface area (Å²) in [5.41, 5.74) is 6.19. The van der Waals surface area contributed by atoms with Crippen molar-refractivity contribution in [3.63, 3.8) is 0 Å². The third-order valence-electron chi connectivity index (χ3n) is 7.01. The number of amides is 3. The van der Waals surface area contributed by atoms with Crippen LogP contribution in [0.25, 0.3) is 11.0 Å². The van der Waals surface area contributed by atoms with Gasteiger partial charge in [0.05, 0.1) is 30.8 Å². The second-order valence-corrected chi connectivity index (χ2v) is 12.0. The van der Waals surface area contributed by atoms with Crippen molar-refractivity contribution in [2.45, 2.75) is 65.1 Å². The molecule has 0 radical (unpaired) electrons. The molecule has 5 N–H and O–H groups in total. The zero-order chi connectivity index (χ0) is 32.7. The Morgan fingerprint density at radius 1 is 1.22 bits per heavy atom. The topological polar surface area (TPSA) is 197 Å². The number of rotatable bonds is 11. The van der Waals surface area contributed by atoms with Crippen LogP contribution >= 0.6 is 0 Å². The van der Waals surface area contributed by atoms with Crippen LogP contribution in [0.5, 0.6) is 0 Å². The number of hydrogen-bond acceptors (Lipinski definition) is 8. The highest BCUT2D eigenvalue weighted by molar-refractivity contribution is 5.96. The molecule has 14 heteroatoms. The molecule has 3 aromatic rings. The molecule has 0 spiro atoms. The summed E-state index contributed by atoms with van der Waals surface area (Å²) in [6.45, 7) is 6.75. The standard InChI is InChI=1S/C31H38N6O8/c1-31(2,3)16-19-8-6-11-23-26(19)35-25(37(23)30(42)43)17-36-14-7-10-22(28(36)40)33-27(39)21(9-4-5-12-24(32)38)34-29(41)45-20-13-15-44-18-20/h5-8,10-12,14,20-21H,4,9,13,15-18H2,1-3H3,(H2,32,38)(H,33,39)(H,34,41)(H,42,43)/b12-5+. The van der Waals surface area contributed by atoms with Crippen molar-refractivity contribution >= 4 is 40.7 Å². The van der Waals surface area contributed by atoms with E-state index in [1.165, 1.54) is 29.0 Å². The van der Waals surface area contributed by atoms with Crippen molar-refractivity contribution in [3.8, 4) is 0 Å². The fraction of sp³-hybridized carbons (Fsp3) is 0.419. The van der Waals surface area contributed by atoms with Gasteiger partial charge >= 0.3 is 12.2 Å². The Bertz CT molecular complexity index is 1660. The number of primary amides is 1. The Labute approximate surface area is 259 Å². The number of nitrogens with one attached hydrogen (secondary N) is 2. The summed E-state index contributed by atoms with van der Waals surface area (Å²) < 4.78 is 12.8. The number of imidazole rings is 1. The molecule has 1 aliphatic heterocycles. The first-order valence-corrected chi connectivity index (χ1v) is 14.6. The average Bonchev–Trinajstić information content (AvgIpc) is 3.59. The fourth-order valence-electron chi connectivity index (χ4n) is 5.03. The van der Waals surface area contributed by atoms with Crippen LogP contribution in [-0.2, 0) is 32.0 Å². The lowest BCUT2D eigenvalue weighted by Crippen LogP contribution is -2.45. The van der Waals surface area contributed by atoms with Gasteiger partial charge in [0, 0.05) is 12.6 Å². The minimum Gasteiger partial charge on any atom is -0.464 e. The van der Waals surface area contributed by atoms with Gasteiger partial charge in [0.15, 0.2) is 0 Å². The van der Waals surface area contributed by atoms with E-state index in [1.54, 1.807) is 12.1 Å². The second kappa shape index (κ2) is 14.2. The quantitative estimate of drug-likeness (QED) is 0.232. The largest absolute Gasteiger partial charge is 0.464 e. The number of carbonyl (C=O) groups is 4. The molecule has 2 aromatic heterocycles. The Kier molecular flexibility index (Phi) is 10.4. The van der Waals surface area contributed by atoms with E-state index in [-0.39, 0.29) is 42.9 Å². The van der Waals surface area contributed by atoms with Crippen molar-refractivity contribution in [1.82, 2.24) is 19.4 Å². The number of fused-ring (bicyclic) bond motifs is 1. The summed E-state index contributed by atoms with van der Waals surface area (Å²) in [6.07, 6.45) is 3.06. The van der Waals surface area contributed by atoms with Gasteiger partial charge < -0.3 is 35.5 Å². The number of alkyl carbamates (subject to hydrolysis) is 1. The van der Waals surface area contributed by atoms with E-state index in [1.807, 2.05) is 6.07 Å². The number of ether oxygens (including phenoxy) is 2. The predicted molar refractivity (Wildman–Crippen MR) is 165 cm³/mol. The molecule has 4 rings (SSSR count). The Morgan fingerprint density at radius 3 is 2.67 bits per heavy atom. The van der Waals surface area contributed by atoms with Gasteiger partial charge in [0.2, 0.25) is 11.8 Å². The van der Waals surface area contributed by atoms with Crippen molar-refractivity contribution in [2.75, 3.05) is 18.5 Å². The van der Waals surface area contributed by atoms with Gasteiger partial charge in [-0.25, -0.2) is 19.1 Å². The first kappa shape index (κ1) is 32.9. The molecule has 3 heterocycles. The highest BCUT2D eigenvalue weighted by atomic mass is 16.6. The third kappa shape index (κ3) is 8.79. The SMILES string of the molecule is CC(C)(C)Cc1cccc2c1nc(Cn1cccc(NC(=O)C(CC/C=C/C(N)=O)NC(=O)OC3CCOC3)c1=O)n2C(=O)O. The summed E-state index contributed by atoms with van der Waals surface area (Å²) in [5.74, 6) is -1.22. The monoisotopic (exact) mass is 622 g/mol. The number of para-hydroxylation sites is 1. The van der Waals surface area contributed by atoms with E-state index in [0.717, 1.165) is 16.2 Å². The highest BCUT2D eigenvalue weighted by Crippen LogP contribution is 2.27. The Balaban J connectivity index is 1.57. The zero-order valence-electron chi connectivity index (χ0n) is 25.4. The third-order valence-corrected chi connectivity index (χ3v) is 7.01. The number of aromatic nitrogens is 3. The molecule has 1 fully saturated rings. The normalized spacial score (nSPS) is 15.7. The maximum Gasteiger partial charge on any atom is 0.417 e. The van der Waals surface area contributed by atoms with Gasteiger partial charge in [-0.1, -0.05) is 39.0 Å².